The first-order chi connectivity index (χ1) is 20.9. The molecule has 4 fully saturated rings. The summed E-state index contributed by atoms with van der Waals surface area (Å²) < 4.78 is 26.9. The number of pyridine rings is 3. The van der Waals surface area contributed by atoms with Crippen LogP contribution in [0.25, 0.3) is 16.6 Å². The second-order valence-corrected chi connectivity index (χ2v) is 12.2. The zero-order valence-corrected chi connectivity index (χ0v) is 24.1. The Morgan fingerprint density at radius 3 is 2.58 bits per heavy atom. The molecule has 3 aliphatic heterocycles. The van der Waals surface area contributed by atoms with Crippen molar-refractivity contribution in [1.29, 1.82) is 10.5 Å². The van der Waals surface area contributed by atoms with Crippen LogP contribution in [0.4, 0.5) is 10.2 Å². The quantitative estimate of drug-likeness (QED) is 0.296. The van der Waals surface area contributed by atoms with Crippen molar-refractivity contribution in [3.8, 4) is 34.9 Å². The zero-order chi connectivity index (χ0) is 29.7. The summed E-state index contributed by atoms with van der Waals surface area (Å²) in [5.41, 5.74) is 3.48. The van der Waals surface area contributed by atoms with Crippen LogP contribution >= 0.6 is 0 Å². The molecule has 4 aromatic rings. The standard InChI is InChI=1S/C32H31FN8O2/c1-32(19-35)8-21(9-32)18-43-26-7-27(30-23(10-34)13-38-41(30)17-26)22-3-4-29(36-12-22)39-15-24-6-25(16-39)40(24)14-20-5-28(33)31(42-2)37-11-20/h3-5,7,11-13,17,21,24-25H,6,8-9,14-16,18H2,1-2H3. The van der Waals surface area contributed by atoms with Gasteiger partial charge in [-0.15, -0.1) is 0 Å². The highest BCUT2D eigenvalue weighted by molar-refractivity contribution is 5.85. The van der Waals surface area contributed by atoms with E-state index in [2.05, 4.69) is 32.0 Å². The second-order valence-electron chi connectivity index (χ2n) is 12.2. The Hall–Kier alpha value is -4.74. The zero-order valence-electron chi connectivity index (χ0n) is 24.1. The summed E-state index contributed by atoms with van der Waals surface area (Å²) in [6.45, 7) is 4.86. The summed E-state index contributed by atoms with van der Waals surface area (Å²) in [6.07, 6.45) is 9.66. The Kier molecular flexibility index (Phi) is 6.63. The van der Waals surface area contributed by atoms with Crippen molar-refractivity contribution < 1.29 is 13.9 Å². The Morgan fingerprint density at radius 1 is 1.09 bits per heavy atom. The number of rotatable bonds is 8. The fraction of sp³-hybridized carbons (Fsp3) is 0.406. The molecule has 0 amide bonds. The van der Waals surface area contributed by atoms with Crippen LogP contribution in [0.15, 0.2) is 49.1 Å². The summed E-state index contributed by atoms with van der Waals surface area (Å²) in [5, 5.41) is 23.4. The van der Waals surface area contributed by atoms with E-state index in [9.17, 15) is 14.9 Å². The lowest BCUT2D eigenvalue weighted by molar-refractivity contribution is -0.00884. The number of piperazine rings is 1. The Morgan fingerprint density at radius 2 is 1.91 bits per heavy atom. The number of nitriles is 2. The van der Waals surface area contributed by atoms with Crippen molar-refractivity contribution in [3.05, 3.63) is 66.0 Å². The number of ether oxygens (including phenoxy) is 2. The van der Waals surface area contributed by atoms with E-state index in [-0.39, 0.29) is 11.3 Å². The molecular weight excluding hydrogens is 547 g/mol. The van der Waals surface area contributed by atoms with Crippen LogP contribution in [-0.2, 0) is 6.54 Å². The molecule has 7 heterocycles. The number of aromatic nitrogens is 4. The first-order valence-corrected chi connectivity index (χ1v) is 14.5. The molecule has 0 N–H and O–H groups in total. The molecule has 10 nitrogen and oxygen atoms in total. The monoisotopic (exact) mass is 578 g/mol. The molecule has 8 rings (SSSR count). The van der Waals surface area contributed by atoms with Gasteiger partial charge in [-0.3, -0.25) is 4.90 Å². The van der Waals surface area contributed by atoms with Crippen LogP contribution in [0.5, 0.6) is 11.6 Å². The molecular formula is C32H31FN8O2. The normalized spacial score (nSPS) is 24.5. The summed E-state index contributed by atoms with van der Waals surface area (Å²) in [7, 11) is 1.41. The predicted molar refractivity (Wildman–Crippen MR) is 156 cm³/mol. The average molecular weight is 579 g/mol. The molecule has 43 heavy (non-hydrogen) atoms. The van der Waals surface area contributed by atoms with Gasteiger partial charge in [0.05, 0.1) is 48.7 Å². The third-order valence-electron chi connectivity index (χ3n) is 9.09. The van der Waals surface area contributed by atoms with E-state index >= 15 is 0 Å². The molecule has 1 saturated carbocycles. The van der Waals surface area contributed by atoms with Gasteiger partial charge in [0, 0.05) is 55.2 Å². The van der Waals surface area contributed by atoms with Crippen LogP contribution in [-0.4, -0.2) is 63.4 Å². The van der Waals surface area contributed by atoms with E-state index in [0.717, 1.165) is 54.9 Å². The number of halogens is 1. The van der Waals surface area contributed by atoms with Crippen molar-refractivity contribution in [2.24, 2.45) is 11.3 Å². The van der Waals surface area contributed by atoms with Crippen LogP contribution in [0.3, 0.4) is 0 Å². The van der Waals surface area contributed by atoms with Gasteiger partial charge in [-0.1, -0.05) is 0 Å². The molecule has 0 spiro atoms. The number of fused-ring (bicyclic) bond motifs is 3. The molecule has 1 aliphatic carbocycles. The molecule has 3 saturated heterocycles. The lowest BCUT2D eigenvalue weighted by Gasteiger charge is -2.56. The van der Waals surface area contributed by atoms with Crippen LogP contribution in [0, 0.1) is 39.8 Å². The van der Waals surface area contributed by atoms with Gasteiger partial charge >= 0.3 is 0 Å². The van der Waals surface area contributed by atoms with Crippen molar-refractivity contribution in [1.82, 2.24) is 24.5 Å². The minimum Gasteiger partial charge on any atom is -0.492 e. The van der Waals surface area contributed by atoms with Gasteiger partial charge in [-0.25, -0.2) is 18.9 Å². The molecule has 2 unspecified atom stereocenters. The number of hydrogen-bond donors (Lipinski definition) is 0. The lowest BCUT2D eigenvalue weighted by atomic mass is 9.64. The van der Waals surface area contributed by atoms with Gasteiger partial charge < -0.3 is 14.4 Å². The molecule has 2 bridgehead atoms. The maximum atomic E-state index is 14.1. The molecule has 11 heteroatoms. The summed E-state index contributed by atoms with van der Waals surface area (Å²) in [5.74, 6) is 1.48. The van der Waals surface area contributed by atoms with E-state index in [4.69, 9.17) is 14.5 Å². The molecule has 218 valence electrons. The fourth-order valence-electron chi connectivity index (χ4n) is 6.89. The summed E-state index contributed by atoms with van der Waals surface area (Å²) in [4.78, 5) is 13.6. The van der Waals surface area contributed by atoms with Gasteiger partial charge in [0.25, 0.3) is 0 Å². The number of nitrogens with zero attached hydrogens (tertiary/aromatic N) is 8. The molecule has 0 aromatic carbocycles. The highest BCUT2D eigenvalue weighted by atomic mass is 19.1. The number of hydrogen-bond acceptors (Lipinski definition) is 9. The molecule has 4 aromatic heterocycles. The largest absolute Gasteiger partial charge is 0.492 e. The lowest BCUT2D eigenvalue weighted by Crippen LogP contribution is -2.68. The summed E-state index contributed by atoms with van der Waals surface area (Å²) in [6, 6.07) is 12.9. The van der Waals surface area contributed by atoms with Gasteiger partial charge in [-0.05, 0) is 61.9 Å². The number of anilines is 1. The van der Waals surface area contributed by atoms with Crippen LogP contribution in [0.2, 0.25) is 0 Å². The van der Waals surface area contributed by atoms with E-state index < -0.39 is 5.82 Å². The van der Waals surface area contributed by atoms with Crippen molar-refractivity contribution in [3.63, 3.8) is 0 Å². The second kappa shape index (κ2) is 10.5. The smallest absolute Gasteiger partial charge is 0.250 e. The predicted octanol–water partition coefficient (Wildman–Crippen LogP) is 4.59. The van der Waals surface area contributed by atoms with E-state index in [1.807, 2.05) is 31.3 Å². The van der Waals surface area contributed by atoms with Crippen LogP contribution in [0.1, 0.15) is 37.3 Å². The fourth-order valence-corrected chi connectivity index (χ4v) is 6.89. The minimum absolute atomic E-state index is 0.0168. The van der Waals surface area contributed by atoms with Crippen molar-refractivity contribution in [2.75, 3.05) is 31.7 Å². The molecule has 4 aliphatic rings. The Bertz CT molecular complexity index is 1760. The highest BCUT2D eigenvalue weighted by Gasteiger charge is 2.45. The van der Waals surface area contributed by atoms with E-state index in [1.54, 1.807) is 23.1 Å². The van der Waals surface area contributed by atoms with Gasteiger partial charge in [0.1, 0.15) is 17.6 Å². The van der Waals surface area contributed by atoms with Gasteiger partial charge in [-0.2, -0.15) is 15.6 Å². The van der Waals surface area contributed by atoms with E-state index in [1.165, 1.54) is 13.2 Å². The number of piperidine rings is 1. The van der Waals surface area contributed by atoms with Crippen LogP contribution < -0.4 is 14.4 Å². The highest BCUT2D eigenvalue weighted by Crippen LogP contribution is 2.45. The third kappa shape index (κ3) is 4.90. The maximum absolute atomic E-state index is 14.1. The first-order valence-electron chi connectivity index (χ1n) is 14.5. The summed E-state index contributed by atoms with van der Waals surface area (Å²) >= 11 is 0. The Balaban J connectivity index is 1.06. The van der Waals surface area contributed by atoms with E-state index in [0.29, 0.717) is 48.0 Å². The average Bonchev–Trinajstić information content (AvgIpc) is 3.44. The van der Waals surface area contributed by atoms with Crippen molar-refractivity contribution >= 4 is 11.3 Å². The minimum atomic E-state index is -0.440. The molecule has 0 radical (unpaired) electrons. The van der Waals surface area contributed by atoms with Gasteiger partial charge in [0.15, 0.2) is 5.82 Å². The van der Waals surface area contributed by atoms with Gasteiger partial charge in [0.2, 0.25) is 5.88 Å². The SMILES string of the molecule is COc1ncc(CN2C3CC2CN(c2ccc(-c4cc(OCC5CC(C)(C#N)C5)cn5ncc(C#N)c45)cn2)C3)cc1F. The number of methoxy groups -OCH3 is 1. The Labute approximate surface area is 248 Å². The first kappa shape index (κ1) is 27.1. The van der Waals surface area contributed by atoms with Crippen molar-refractivity contribution in [2.45, 2.75) is 44.8 Å². The topological polar surface area (TPSA) is 116 Å². The third-order valence-corrected chi connectivity index (χ3v) is 9.09. The maximum Gasteiger partial charge on any atom is 0.250 e. The molecule has 2 atom stereocenters.